The maximum Gasteiger partial charge on any atom is 0.286 e. The molecule has 1 aromatic carbocycles. The van der Waals surface area contributed by atoms with E-state index in [-0.39, 0.29) is 11.7 Å². The van der Waals surface area contributed by atoms with E-state index in [2.05, 4.69) is 16.2 Å². The molecule has 1 aromatic heterocycles. The van der Waals surface area contributed by atoms with Crippen molar-refractivity contribution in [1.29, 1.82) is 0 Å². The number of carbonyl (C=O) groups excluding carboxylic acids is 2. The zero-order valence-corrected chi connectivity index (χ0v) is 12.2. The fraction of sp³-hybridized carbons (Fsp3) is 0.250. The second-order valence-electron chi connectivity index (χ2n) is 5.24. The van der Waals surface area contributed by atoms with Gasteiger partial charge in [0.1, 0.15) is 0 Å². The Hall–Kier alpha value is -2.76. The van der Waals surface area contributed by atoms with Gasteiger partial charge in [0.2, 0.25) is 5.82 Å². The number of amides is 2. The summed E-state index contributed by atoms with van der Waals surface area (Å²) in [6, 6.07) is 7.47. The average Bonchev–Trinajstić information content (AvgIpc) is 2.53. The van der Waals surface area contributed by atoms with Crippen LogP contribution in [-0.2, 0) is 13.0 Å². The Morgan fingerprint density at radius 2 is 2.09 bits per heavy atom. The lowest BCUT2D eigenvalue weighted by atomic mass is 10.0. The molecule has 0 bridgehead atoms. The molecule has 2 aromatic rings. The number of hydrogen-bond donors (Lipinski definition) is 1. The molecule has 0 saturated carbocycles. The standard InChI is InChI=1S/C16H15N4O2/c1-10-4-2-3-5-12(10)16(22)20-7-6-11-8-18-15(14(17)21)19-13(11)9-20/h2-5H,6-7,9H2,1H3,(H2,17,21). The minimum atomic E-state index is -0.693. The van der Waals surface area contributed by atoms with E-state index in [1.165, 1.54) is 0 Å². The topological polar surface area (TPSA) is 89.2 Å². The van der Waals surface area contributed by atoms with Gasteiger partial charge < -0.3 is 10.6 Å². The van der Waals surface area contributed by atoms with Gasteiger partial charge in [-0.25, -0.2) is 9.97 Å². The van der Waals surface area contributed by atoms with Gasteiger partial charge in [0, 0.05) is 17.7 Å². The summed E-state index contributed by atoms with van der Waals surface area (Å²) in [6.07, 6.45) is 3.42. The number of fused-ring (bicyclic) bond motifs is 1. The lowest BCUT2D eigenvalue weighted by Gasteiger charge is -2.28. The van der Waals surface area contributed by atoms with Crippen LogP contribution < -0.4 is 5.73 Å². The van der Waals surface area contributed by atoms with Crippen molar-refractivity contribution in [3.05, 3.63) is 58.7 Å². The number of nitrogens with two attached hydrogens (primary N) is 1. The van der Waals surface area contributed by atoms with Crippen LogP contribution in [0, 0.1) is 13.1 Å². The fourth-order valence-corrected chi connectivity index (χ4v) is 2.51. The number of aryl methyl sites for hydroxylation is 1. The molecule has 0 unspecified atom stereocenters. The van der Waals surface area contributed by atoms with Crippen LogP contribution in [0.3, 0.4) is 0 Å². The number of hydrogen-bond acceptors (Lipinski definition) is 4. The van der Waals surface area contributed by atoms with Gasteiger partial charge in [-0.15, -0.1) is 0 Å². The van der Waals surface area contributed by atoms with Crippen LogP contribution in [0.25, 0.3) is 0 Å². The third kappa shape index (κ3) is 2.55. The first-order chi connectivity index (χ1) is 10.6. The molecular weight excluding hydrogens is 280 g/mol. The van der Waals surface area contributed by atoms with E-state index in [0.29, 0.717) is 30.8 Å². The van der Waals surface area contributed by atoms with E-state index in [4.69, 9.17) is 5.73 Å². The number of nitrogens with zero attached hydrogens (tertiary/aromatic N) is 3. The zero-order valence-electron chi connectivity index (χ0n) is 12.2. The molecule has 6 nitrogen and oxygen atoms in total. The zero-order chi connectivity index (χ0) is 15.7. The molecule has 3 rings (SSSR count). The van der Waals surface area contributed by atoms with Crippen LogP contribution in [0.5, 0.6) is 0 Å². The molecule has 6 heteroatoms. The SMILES string of the molecule is Cc1ccccc1C(=O)N1CCc2[c]nc(C(N)=O)nc2C1. The lowest BCUT2D eigenvalue weighted by Crippen LogP contribution is -2.37. The van der Waals surface area contributed by atoms with E-state index in [1.807, 2.05) is 31.2 Å². The van der Waals surface area contributed by atoms with Crippen LogP contribution in [-0.4, -0.2) is 33.2 Å². The highest BCUT2D eigenvalue weighted by Gasteiger charge is 2.24. The molecule has 2 heterocycles. The summed E-state index contributed by atoms with van der Waals surface area (Å²) in [6.45, 7) is 2.82. The number of primary amides is 1. The van der Waals surface area contributed by atoms with Crippen molar-refractivity contribution in [3.8, 4) is 0 Å². The predicted molar refractivity (Wildman–Crippen MR) is 79.0 cm³/mol. The maximum atomic E-state index is 12.6. The molecule has 111 valence electrons. The summed E-state index contributed by atoms with van der Waals surface area (Å²) in [4.78, 5) is 33.5. The Bertz CT molecular complexity index is 758. The van der Waals surface area contributed by atoms with Crippen molar-refractivity contribution >= 4 is 11.8 Å². The molecule has 2 N–H and O–H groups in total. The number of benzene rings is 1. The van der Waals surface area contributed by atoms with Crippen LogP contribution in [0.15, 0.2) is 24.3 Å². The minimum Gasteiger partial charge on any atom is -0.363 e. The first-order valence-corrected chi connectivity index (χ1v) is 6.98. The summed E-state index contributed by atoms with van der Waals surface area (Å²) < 4.78 is 0. The Morgan fingerprint density at radius 1 is 1.32 bits per heavy atom. The van der Waals surface area contributed by atoms with Gasteiger partial charge in [0.25, 0.3) is 11.8 Å². The van der Waals surface area contributed by atoms with Crippen molar-refractivity contribution in [2.45, 2.75) is 19.9 Å². The first kappa shape index (κ1) is 14.2. The molecule has 0 atom stereocenters. The van der Waals surface area contributed by atoms with Gasteiger partial charge in [-0.05, 0) is 25.0 Å². The Balaban J connectivity index is 1.87. The van der Waals surface area contributed by atoms with Gasteiger partial charge in [-0.1, -0.05) is 18.2 Å². The van der Waals surface area contributed by atoms with Crippen molar-refractivity contribution in [3.63, 3.8) is 0 Å². The summed E-state index contributed by atoms with van der Waals surface area (Å²) in [7, 11) is 0. The average molecular weight is 295 g/mol. The van der Waals surface area contributed by atoms with Gasteiger partial charge in [0.15, 0.2) is 0 Å². The van der Waals surface area contributed by atoms with Crippen LogP contribution in [0.4, 0.5) is 0 Å². The Kier molecular flexibility index (Phi) is 3.58. The molecule has 2 amide bonds. The maximum absolute atomic E-state index is 12.6. The van der Waals surface area contributed by atoms with Gasteiger partial charge in [-0.3, -0.25) is 9.59 Å². The second kappa shape index (κ2) is 5.55. The lowest BCUT2D eigenvalue weighted by molar-refractivity contribution is 0.0730. The minimum absolute atomic E-state index is 0.0389. The van der Waals surface area contributed by atoms with Crippen molar-refractivity contribution in [2.24, 2.45) is 5.73 Å². The van der Waals surface area contributed by atoms with Gasteiger partial charge >= 0.3 is 0 Å². The van der Waals surface area contributed by atoms with Crippen molar-refractivity contribution < 1.29 is 9.59 Å². The van der Waals surface area contributed by atoms with Gasteiger partial charge in [-0.2, -0.15) is 0 Å². The molecule has 0 aliphatic carbocycles. The molecule has 0 spiro atoms. The third-order valence-electron chi connectivity index (χ3n) is 3.74. The largest absolute Gasteiger partial charge is 0.363 e. The molecule has 1 radical (unpaired) electrons. The van der Waals surface area contributed by atoms with Crippen molar-refractivity contribution in [2.75, 3.05) is 6.54 Å². The van der Waals surface area contributed by atoms with E-state index in [1.54, 1.807) is 4.90 Å². The number of carbonyl (C=O) groups is 2. The Morgan fingerprint density at radius 3 is 2.82 bits per heavy atom. The molecule has 1 aliphatic rings. The first-order valence-electron chi connectivity index (χ1n) is 6.98. The van der Waals surface area contributed by atoms with Crippen LogP contribution >= 0.6 is 0 Å². The van der Waals surface area contributed by atoms with Crippen molar-refractivity contribution in [1.82, 2.24) is 14.9 Å². The normalized spacial score (nSPS) is 13.6. The van der Waals surface area contributed by atoms with E-state index >= 15 is 0 Å². The van der Waals surface area contributed by atoms with Gasteiger partial charge in [0.05, 0.1) is 18.4 Å². The smallest absolute Gasteiger partial charge is 0.286 e. The summed E-state index contributed by atoms with van der Waals surface area (Å²) in [5, 5.41) is 0. The predicted octanol–water partition coefficient (Wildman–Crippen LogP) is 0.883. The van der Waals surface area contributed by atoms with Crippen LogP contribution in [0.1, 0.15) is 37.8 Å². The molecule has 1 aliphatic heterocycles. The number of rotatable bonds is 2. The van der Waals surface area contributed by atoms with Crippen LogP contribution in [0.2, 0.25) is 0 Å². The quantitative estimate of drug-likeness (QED) is 0.890. The van der Waals surface area contributed by atoms with E-state index < -0.39 is 5.91 Å². The van der Waals surface area contributed by atoms with E-state index in [0.717, 1.165) is 11.1 Å². The second-order valence-corrected chi connectivity index (χ2v) is 5.24. The third-order valence-corrected chi connectivity index (χ3v) is 3.74. The fourth-order valence-electron chi connectivity index (χ4n) is 2.51. The summed E-state index contributed by atoms with van der Waals surface area (Å²) >= 11 is 0. The molecular formula is C16H15N4O2. The monoisotopic (exact) mass is 295 g/mol. The number of aromatic nitrogens is 2. The van der Waals surface area contributed by atoms with E-state index in [9.17, 15) is 9.59 Å². The molecule has 0 fully saturated rings. The highest BCUT2D eigenvalue weighted by Crippen LogP contribution is 2.19. The highest BCUT2D eigenvalue weighted by atomic mass is 16.2. The highest BCUT2D eigenvalue weighted by molar-refractivity contribution is 5.95. The molecule has 22 heavy (non-hydrogen) atoms. The molecule has 0 saturated heterocycles. The Labute approximate surface area is 128 Å². The summed E-state index contributed by atoms with van der Waals surface area (Å²) in [5.74, 6) is -0.798. The summed E-state index contributed by atoms with van der Waals surface area (Å²) in [5.41, 5.74) is 8.27.